The number of fused-ring (bicyclic) bond motifs is 5. The van der Waals surface area contributed by atoms with Crippen molar-refractivity contribution in [2.24, 2.45) is 22.7 Å². The highest BCUT2D eigenvalue weighted by atomic mass is 31.0. The van der Waals surface area contributed by atoms with Crippen LogP contribution in [0.25, 0.3) is 0 Å². The van der Waals surface area contributed by atoms with Gasteiger partial charge in [-0.3, -0.25) is 14.4 Å². The highest BCUT2D eigenvalue weighted by Gasteiger charge is 2.78. The first-order valence-corrected chi connectivity index (χ1v) is 14.8. The van der Waals surface area contributed by atoms with Gasteiger partial charge in [0.2, 0.25) is 5.78 Å². The molecule has 43 heavy (non-hydrogen) atoms. The van der Waals surface area contributed by atoms with Crippen LogP contribution in [-0.4, -0.2) is 76.1 Å². The fourth-order valence-electron chi connectivity index (χ4n) is 8.07. The molecule has 1 aromatic carbocycles. The molecule has 1 aromatic rings. The molecule has 1 saturated heterocycles. The van der Waals surface area contributed by atoms with Gasteiger partial charge in [0.05, 0.1) is 35.7 Å². The number of esters is 3. The number of hydrogen-bond donors (Lipinski definition) is 2. The summed E-state index contributed by atoms with van der Waals surface area (Å²) in [4.78, 5) is 53.9. The Bertz CT molecular complexity index is 1370. The van der Waals surface area contributed by atoms with Crippen molar-refractivity contribution in [3.63, 3.8) is 0 Å². The molecule has 0 spiro atoms. The molecule has 0 aromatic heterocycles. The van der Waals surface area contributed by atoms with E-state index in [2.05, 4.69) is 9.47 Å². The van der Waals surface area contributed by atoms with Crippen LogP contribution in [-0.2, 0) is 37.9 Å². The van der Waals surface area contributed by atoms with Crippen molar-refractivity contribution in [2.45, 2.75) is 90.0 Å². The fourth-order valence-corrected chi connectivity index (χ4v) is 8.46. The van der Waals surface area contributed by atoms with E-state index in [4.69, 9.17) is 23.5 Å². The van der Waals surface area contributed by atoms with Crippen molar-refractivity contribution in [3.05, 3.63) is 47.2 Å². The Morgan fingerprint density at radius 3 is 2.26 bits per heavy atom. The number of carbonyl (C=O) groups is 4. The second-order valence-corrected chi connectivity index (χ2v) is 13.2. The van der Waals surface area contributed by atoms with Crippen LogP contribution >= 0.6 is 9.47 Å². The first kappa shape index (κ1) is 31.7. The SMILES string of the molecule is CC(=O)OC1=C2C(C)C(O)CC(O)(C(OC(=O)c3ccccc3)C3[C@]4(OC(C)=O)COC4CC(OP)[C@@]3(C)C1=O)C2(C)C. The Morgan fingerprint density at radius 2 is 1.72 bits per heavy atom. The molecular formula is C31H39O11P. The number of aliphatic hydroxyl groups excluding tert-OH is 1. The van der Waals surface area contributed by atoms with Gasteiger partial charge < -0.3 is 33.7 Å². The molecule has 3 aliphatic carbocycles. The number of aliphatic hydroxyl groups is 2. The van der Waals surface area contributed by atoms with E-state index in [0.29, 0.717) is 0 Å². The number of ether oxygens (including phenoxy) is 4. The van der Waals surface area contributed by atoms with Crippen LogP contribution in [0.5, 0.6) is 0 Å². The van der Waals surface area contributed by atoms with Crippen molar-refractivity contribution < 1.29 is 52.9 Å². The molecule has 3 fully saturated rings. The van der Waals surface area contributed by atoms with E-state index in [0.717, 1.165) is 6.92 Å². The lowest BCUT2D eigenvalue weighted by Crippen LogP contribution is -2.81. The van der Waals surface area contributed by atoms with Gasteiger partial charge in [0.1, 0.15) is 17.8 Å². The molecule has 4 aliphatic rings. The molecule has 10 atom stereocenters. The summed E-state index contributed by atoms with van der Waals surface area (Å²) in [5.41, 5.74) is -6.28. The van der Waals surface area contributed by atoms with Crippen LogP contribution in [0.4, 0.5) is 0 Å². The summed E-state index contributed by atoms with van der Waals surface area (Å²) in [6.45, 7) is 8.82. The molecular weight excluding hydrogens is 579 g/mol. The largest absolute Gasteiger partial charge is 0.455 e. The van der Waals surface area contributed by atoms with Crippen molar-refractivity contribution in [1.82, 2.24) is 0 Å². The lowest BCUT2D eigenvalue weighted by Gasteiger charge is -2.67. The van der Waals surface area contributed by atoms with Gasteiger partial charge in [-0.25, -0.2) is 4.79 Å². The average Bonchev–Trinajstić information content (AvgIpc) is 2.92. The molecule has 0 radical (unpaired) electrons. The minimum Gasteiger partial charge on any atom is -0.455 e. The molecule has 2 bridgehead atoms. The summed E-state index contributed by atoms with van der Waals surface area (Å²) in [5.74, 6) is -5.18. The maximum absolute atomic E-state index is 15.0. The number of allylic oxidation sites excluding steroid dienone is 1. The Morgan fingerprint density at radius 1 is 1.07 bits per heavy atom. The molecule has 2 saturated carbocycles. The quantitative estimate of drug-likeness (QED) is 0.284. The number of benzene rings is 1. The molecule has 11 nitrogen and oxygen atoms in total. The van der Waals surface area contributed by atoms with Gasteiger partial charge in [-0.2, -0.15) is 0 Å². The molecule has 12 heteroatoms. The molecule has 1 aliphatic heterocycles. The second-order valence-electron chi connectivity index (χ2n) is 12.9. The standard InChI is InChI=1S/C31H39O11P/c1-15-19(34)13-31(37)26(40-27(36)18-10-8-7-9-11-18)24-29(6,25(35)23(39-16(2)32)22(15)28(31,4)5)20(42-43)12-21-30(24,14-38-21)41-17(3)33/h7-11,15,19-21,24,26,34,37H,12-14,43H2,1-6H3/t15?,19?,20?,21?,24?,26?,29-,30+,31?/m1/s1. The zero-order chi connectivity index (χ0) is 31.7. The Hall–Kier alpha value is -2.69. The van der Waals surface area contributed by atoms with Gasteiger partial charge in [0.25, 0.3) is 0 Å². The average molecular weight is 619 g/mol. The highest BCUT2D eigenvalue weighted by Crippen LogP contribution is 2.65. The van der Waals surface area contributed by atoms with Gasteiger partial charge in [0.15, 0.2) is 11.4 Å². The summed E-state index contributed by atoms with van der Waals surface area (Å²) >= 11 is 0. The topological polar surface area (TPSA) is 155 Å². The van der Waals surface area contributed by atoms with Gasteiger partial charge in [-0.1, -0.05) is 39.0 Å². The van der Waals surface area contributed by atoms with Crippen LogP contribution in [0.1, 0.15) is 64.7 Å². The van der Waals surface area contributed by atoms with Gasteiger partial charge >= 0.3 is 17.9 Å². The molecule has 8 unspecified atom stereocenters. The number of ketones is 1. The van der Waals surface area contributed by atoms with Crippen LogP contribution in [0.3, 0.4) is 0 Å². The van der Waals surface area contributed by atoms with Crippen molar-refractivity contribution >= 4 is 33.2 Å². The lowest BCUT2D eigenvalue weighted by atomic mass is 9.45. The first-order chi connectivity index (χ1) is 20.1. The van der Waals surface area contributed by atoms with Crippen LogP contribution < -0.4 is 0 Å². The Kier molecular flexibility index (Phi) is 7.92. The summed E-state index contributed by atoms with van der Waals surface area (Å²) < 4.78 is 29.7. The van der Waals surface area contributed by atoms with Gasteiger partial charge in [-0.15, -0.1) is 0 Å². The molecule has 234 valence electrons. The summed E-state index contributed by atoms with van der Waals surface area (Å²) in [7, 11) is 2.15. The first-order valence-electron chi connectivity index (χ1n) is 14.4. The predicted octanol–water partition coefficient (Wildman–Crippen LogP) is 2.67. The minimum absolute atomic E-state index is 0.109. The third kappa shape index (κ3) is 4.50. The van der Waals surface area contributed by atoms with E-state index in [-0.39, 0.29) is 36.3 Å². The highest BCUT2D eigenvalue weighted by molar-refractivity contribution is 7.09. The third-order valence-electron chi connectivity index (χ3n) is 10.3. The zero-order valence-corrected chi connectivity index (χ0v) is 26.3. The second kappa shape index (κ2) is 10.7. The van der Waals surface area contributed by atoms with Crippen LogP contribution in [0, 0.1) is 22.7 Å². The summed E-state index contributed by atoms with van der Waals surface area (Å²) in [5, 5.41) is 24.3. The van der Waals surface area contributed by atoms with Crippen molar-refractivity contribution in [3.8, 4) is 0 Å². The number of rotatable bonds is 5. The van der Waals surface area contributed by atoms with E-state index in [9.17, 15) is 29.4 Å². The lowest BCUT2D eigenvalue weighted by molar-refractivity contribution is -0.343. The number of Topliss-reactive ketones (excluding diaryl/α,β-unsaturated/α-hetero) is 1. The van der Waals surface area contributed by atoms with Gasteiger partial charge in [0, 0.05) is 47.5 Å². The van der Waals surface area contributed by atoms with Crippen LogP contribution in [0.15, 0.2) is 41.7 Å². The molecule has 0 amide bonds. The molecule has 5 rings (SSSR count). The number of hydrogen-bond acceptors (Lipinski definition) is 11. The minimum atomic E-state index is -2.06. The smallest absolute Gasteiger partial charge is 0.338 e. The van der Waals surface area contributed by atoms with E-state index in [1.807, 2.05) is 0 Å². The summed E-state index contributed by atoms with van der Waals surface area (Å²) in [6.07, 6.45) is -4.61. The monoisotopic (exact) mass is 618 g/mol. The number of carbonyl (C=O) groups excluding carboxylic acids is 4. The third-order valence-corrected chi connectivity index (χ3v) is 10.7. The zero-order valence-electron chi connectivity index (χ0n) is 25.1. The Labute approximate surface area is 252 Å². The van der Waals surface area contributed by atoms with Crippen molar-refractivity contribution in [1.29, 1.82) is 0 Å². The summed E-state index contributed by atoms with van der Waals surface area (Å²) in [6, 6.07) is 8.17. The Balaban J connectivity index is 1.88. The van der Waals surface area contributed by atoms with E-state index >= 15 is 0 Å². The molecule has 1 heterocycles. The predicted molar refractivity (Wildman–Crippen MR) is 153 cm³/mol. The maximum Gasteiger partial charge on any atom is 0.338 e. The molecule has 2 N–H and O–H groups in total. The van der Waals surface area contributed by atoms with E-state index < -0.39 is 82.0 Å². The van der Waals surface area contributed by atoms with E-state index in [1.54, 1.807) is 58.0 Å². The normalized spacial score (nSPS) is 39.7. The van der Waals surface area contributed by atoms with Crippen LogP contribution in [0.2, 0.25) is 0 Å². The fraction of sp³-hybridized carbons (Fsp3) is 0.613. The van der Waals surface area contributed by atoms with Crippen molar-refractivity contribution in [2.75, 3.05) is 6.61 Å². The maximum atomic E-state index is 15.0. The van der Waals surface area contributed by atoms with Gasteiger partial charge in [-0.05, 0) is 24.6 Å². The van der Waals surface area contributed by atoms with E-state index in [1.165, 1.54) is 6.92 Å².